The third kappa shape index (κ3) is 1.41. The molecule has 1 aromatic heterocycles. The van der Waals surface area contributed by atoms with Gasteiger partial charge in [-0.3, -0.25) is 4.79 Å². The van der Waals surface area contributed by atoms with Crippen LogP contribution in [0.2, 0.25) is 0 Å². The van der Waals surface area contributed by atoms with Crippen molar-refractivity contribution in [1.82, 2.24) is 0 Å². The number of nitrogens with zero attached hydrogens (tertiary/aromatic N) is 1. The highest BCUT2D eigenvalue weighted by Crippen LogP contribution is 2.49. The van der Waals surface area contributed by atoms with Crippen LogP contribution in [0, 0.1) is 0 Å². The molecule has 21 heavy (non-hydrogen) atoms. The van der Waals surface area contributed by atoms with Crippen LogP contribution in [-0.4, -0.2) is 27.2 Å². The molecule has 0 bridgehead atoms. The highest BCUT2D eigenvalue weighted by molar-refractivity contribution is 7.09. The molecule has 2 heterocycles. The number of benzene rings is 2. The fourth-order valence-electron chi connectivity index (χ4n) is 3.08. The molecule has 2 aromatic carbocycles. The van der Waals surface area contributed by atoms with Crippen LogP contribution in [-0.2, 0) is 0 Å². The zero-order chi connectivity index (χ0) is 14.7. The molecule has 0 fully saturated rings. The summed E-state index contributed by atoms with van der Waals surface area (Å²) in [4.78, 5) is 14.2. The Morgan fingerprint density at radius 2 is 1.90 bits per heavy atom. The van der Waals surface area contributed by atoms with E-state index >= 15 is 0 Å². The molecular weight excluding hydrogens is 286 g/mol. The first-order valence-corrected chi connectivity index (χ1v) is 7.47. The summed E-state index contributed by atoms with van der Waals surface area (Å²) < 4.78 is 11.0. The molecule has 4 rings (SSSR count). The highest BCUT2D eigenvalue weighted by Gasteiger charge is 2.31. The summed E-state index contributed by atoms with van der Waals surface area (Å²) in [6, 6.07) is 3.84. The van der Waals surface area contributed by atoms with Crippen LogP contribution in [0.5, 0.6) is 11.5 Å². The monoisotopic (exact) mass is 299 g/mol. The Hall–Kier alpha value is -2.27. The highest BCUT2D eigenvalue weighted by atomic mass is 32.1. The first kappa shape index (κ1) is 12.5. The molecule has 4 nitrogen and oxygen atoms in total. The first-order chi connectivity index (χ1) is 10.2. The predicted octanol–water partition coefficient (Wildman–Crippen LogP) is 3.66. The SMILES string of the molecule is COc1cc2c3c(cc4cscc4c3c1OC)N(C)C2=O. The third-order valence-electron chi connectivity index (χ3n) is 4.08. The van der Waals surface area contributed by atoms with Gasteiger partial charge in [0.2, 0.25) is 0 Å². The van der Waals surface area contributed by atoms with Gasteiger partial charge in [0.25, 0.3) is 5.91 Å². The lowest BCUT2D eigenvalue weighted by Crippen LogP contribution is -2.20. The molecule has 5 heteroatoms. The number of amides is 1. The van der Waals surface area contributed by atoms with E-state index in [9.17, 15) is 4.79 Å². The molecule has 0 N–H and O–H groups in total. The van der Waals surface area contributed by atoms with E-state index in [2.05, 4.69) is 16.8 Å². The Morgan fingerprint density at radius 1 is 1.10 bits per heavy atom. The van der Waals surface area contributed by atoms with E-state index in [1.165, 1.54) is 0 Å². The zero-order valence-corrected chi connectivity index (χ0v) is 12.7. The van der Waals surface area contributed by atoms with E-state index in [-0.39, 0.29) is 5.91 Å². The molecule has 1 amide bonds. The molecule has 106 valence electrons. The van der Waals surface area contributed by atoms with Gasteiger partial charge < -0.3 is 14.4 Å². The average molecular weight is 299 g/mol. The van der Waals surface area contributed by atoms with Crippen molar-refractivity contribution in [3.05, 3.63) is 28.5 Å². The van der Waals surface area contributed by atoms with Crippen LogP contribution in [0.1, 0.15) is 10.4 Å². The van der Waals surface area contributed by atoms with Gasteiger partial charge in [0.1, 0.15) is 0 Å². The number of ether oxygens (including phenoxy) is 2. The second kappa shape index (κ2) is 4.11. The molecule has 0 saturated carbocycles. The maximum absolute atomic E-state index is 12.5. The molecule has 1 aliphatic rings. The lowest BCUT2D eigenvalue weighted by atomic mass is 9.99. The number of methoxy groups -OCH3 is 2. The molecule has 0 radical (unpaired) electrons. The molecule has 0 saturated heterocycles. The standard InChI is InChI=1S/C16H13NO3S/c1-17-11-4-8-6-21-7-10(8)14-13(11)9(16(17)18)5-12(19-2)15(14)20-3/h4-7H,1-3H3. The largest absolute Gasteiger partial charge is 0.493 e. The number of rotatable bonds is 2. The summed E-state index contributed by atoms with van der Waals surface area (Å²) in [7, 11) is 5.02. The van der Waals surface area contributed by atoms with Gasteiger partial charge >= 0.3 is 0 Å². The maximum atomic E-state index is 12.5. The number of fused-ring (bicyclic) bond motifs is 2. The van der Waals surface area contributed by atoms with Crippen molar-refractivity contribution >= 4 is 44.5 Å². The molecule has 0 atom stereocenters. The molecule has 1 aliphatic heterocycles. The fraction of sp³-hybridized carbons (Fsp3) is 0.188. The summed E-state index contributed by atoms with van der Waals surface area (Å²) in [5.41, 5.74) is 1.60. The molecule has 0 unspecified atom stereocenters. The Kier molecular flexibility index (Phi) is 2.44. The van der Waals surface area contributed by atoms with E-state index in [1.54, 1.807) is 43.6 Å². The van der Waals surface area contributed by atoms with Gasteiger partial charge in [-0.05, 0) is 28.3 Å². The number of hydrogen-bond donors (Lipinski definition) is 0. The number of carbonyl (C=O) groups is 1. The van der Waals surface area contributed by atoms with Gasteiger partial charge in [0.05, 0.1) is 25.5 Å². The quantitative estimate of drug-likeness (QED) is 0.725. The van der Waals surface area contributed by atoms with Crippen molar-refractivity contribution in [2.75, 3.05) is 26.2 Å². The van der Waals surface area contributed by atoms with Crippen LogP contribution in [0.25, 0.3) is 21.5 Å². The number of hydrogen-bond acceptors (Lipinski definition) is 4. The fourth-order valence-corrected chi connectivity index (χ4v) is 3.88. The number of anilines is 1. The second-order valence-corrected chi connectivity index (χ2v) is 5.79. The number of thiophene rings is 1. The van der Waals surface area contributed by atoms with Gasteiger partial charge in [-0.15, -0.1) is 0 Å². The van der Waals surface area contributed by atoms with Crippen molar-refractivity contribution in [2.45, 2.75) is 0 Å². The summed E-state index contributed by atoms with van der Waals surface area (Å²) >= 11 is 1.64. The van der Waals surface area contributed by atoms with Crippen LogP contribution in [0.4, 0.5) is 5.69 Å². The van der Waals surface area contributed by atoms with Crippen molar-refractivity contribution in [1.29, 1.82) is 0 Å². The lowest BCUT2D eigenvalue weighted by molar-refractivity contribution is 0.0998. The minimum absolute atomic E-state index is 0.00715. The van der Waals surface area contributed by atoms with Gasteiger partial charge in [-0.25, -0.2) is 0 Å². The summed E-state index contributed by atoms with van der Waals surface area (Å²) in [5, 5.41) is 8.29. The lowest BCUT2D eigenvalue weighted by Gasteiger charge is -2.13. The van der Waals surface area contributed by atoms with Gasteiger partial charge in [0.15, 0.2) is 11.5 Å². The third-order valence-corrected chi connectivity index (χ3v) is 4.84. The van der Waals surface area contributed by atoms with Gasteiger partial charge in [-0.2, -0.15) is 11.3 Å². The van der Waals surface area contributed by atoms with Crippen LogP contribution < -0.4 is 14.4 Å². The Balaban J connectivity index is 2.32. The first-order valence-electron chi connectivity index (χ1n) is 6.53. The van der Waals surface area contributed by atoms with Crippen LogP contribution in [0.3, 0.4) is 0 Å². The average Bonchev–Trinajstić information content (AvgIpc) is 3.06. The van der Waals surface area contributed by atoms with Crippen molar-refractivity contribution in [3.63, 3.8) is 0 Å². The Labute approximate surface area is 125 Å². The number of carbonyl (C=O) groups excluding carboxylic acids is 1. The van der Waals surface area contributed by atoms with Crippen LogP contribution in [0.15, 0.2) is 22.9 Å². The van der Waals surface area contributed by atoms with Crippen molar-refractivity contribution < 1.29 is 14.3 Å². The van der Waals surface area contributed by atoms with E-state index in [1.807, 2.05) is 0 Å². The summed E-state index contributed by atoms with van der Waals surface area (Å²) in [6.45, 7) is 0. The molecular formula is C16H13NO3S. The van der Waals surface area contributed by atoms with Crippen molar-refractivity contribution in [3.8, 4) is 11.5 Å². The Morgan fingerprint density at radius 3 is 2.62 bits per heavy atom. The minimum atomic E-state index is -0.00715. The van der Waals surface area contributed by atoms with Gasteiger partial charge in [-0.1, -0.05) is 0 Å². The second-order valence-electron chi connectivity index (χ2n) is 5.04. The molecule has 3 aromatic rings. The maximum Gasteiger partial charge on any atom is 0.258 e. The van der Waals surface area contributed by atoms with E-state index < -0.39 is 0 Å². The summed E-state index contributed by atoms with van der Waals surface area (Å²) in [5.74, 6) is 1.27. The van der Waals surface area contributed by atoms with Crippen molar-refractivity contribution in [2.24, 2.45) is 0 Å². The smallest absolute Gasteiger partial charge is 0.258 e. The normalized spacial score (nSPS) is 13.5. The topological polar surface area (TPSA) is 38.8 Å². The Bertz CT molecular complexity index is 913. The van der Waals surface area contributed by atoms with Gasteiger partial charge in [0, 0.05) is 23.2 Å². The zero-order valence-electron chi connectivity index (χ0n) is 11.9. The van der Waals surface area contributed by atoms with Crippen LogP contribution >= 0.6 is 11.3 Å². The molecule has 0 spiro atoms. The van der Waals surface area contributed by atoms with E-state index in [0.717, 1.165) is 27.2 Å². The van der Waals surface area contributed by atoms with E-state index in [4.69, 9.17) is 9.47 Å². The molecule has 0 aliphatic carbocycles. The summed E-state index contributed by atoms with van der Waals surface area (Å²) in [6.07, 6.45) is 0. The minimum Gasteiger partial charge on any atom is -0.493 e. The predicted molar refractivity (Wildman–Crippen MR) is 85.2 cm³/mol. The van der Waals surface area contributed by atoms with E-state index in [0.29, 0.717) is 17.1 Å².